The number of rotatable bonds is 2. The Kier molecular flexibility index (Phi) is 3.06. The lowest BCUT2D eigenvalue weighted by Gasteiger charge is -2.32. The molecule has 1 fully saturated rings. The summed E-state index contributed by atoms with van der Waals surface area (Å²) in [5.74, 6) is 0. The Bertz CT molecular complexity index is 399. The molecule has 0 aromatic heterocycles. The summed E-state index contributed by atoms with van der Waals surface area (Å²) in [5, 5.41) is 9.33. The van der Waals surface area contributed by atoms with E-state index in [2.05, 4.69) is 0 Å². The van der Waals surface area contributed by atoms with Gasteiger partial charge in [0.2, 0.25) is 0 Å². The topological polar surface area (TPSA) is 38.7 Å². The zero-order valence-corrected chi connectivity index (χ0v) is 10.9. The van der Waals surface area contributed by atoms with Crippen LogP contribution >= 0.6 is 0 Å². The van der Waals surface area contributed by atoms with Gasteiger partial charge in [-0.1, -0.05) is 24.3 Å². The molecule has 1 aromatic carbocycles. The molecule has 1 aliphatic heterocycles. The first-order valence-corrected chi connectivity index (χ1v) is 5.92. The summed E-state index contributed by atoms with van der Waals surface area (Å²) in [6.07, 6.45) is 0. The van der Waals surface area contributed by atoms with Crippen molar-refractivity contribution in [3.8, 4) is 0 Å². The SMILES string of the molecule is CC1(C)OB(c2ccccc2CO)OC1(C)C. The first-order chi connectivity index (χ1) is 7.87. The summed E-state index contributed by atoms with van der Waals surface area (Å²) >= 11 is 0. The molecular weight excluding hydrogens is 215 g/mol. The fraction of sp³-hybridized carbons (Fsp3) is 0.538. The molecule has 3 nitrogen and oxygen atoms in total. The molecule has 0 unspecified atom stereocenters. The standard InChI is InChI=1S/C13H19BO3/c1-12(2)13(3,4)17-14(16-12)11-8-6-5-7-10(11)9-15/h5-8,15H,9H2,1-4H3. The van der Waals surface area contributed by atoms with Gasteiger partial charge in [-0.15, -0.1) is 0 Å². The van der Waals surface area contributed by atoms with Gasteiger partial charge in [0, 0.05) is 0 Å². The van der Waals surface area contributed by atoms with E-state index in [1.807, 2.05) is 52.0 Å². The Morgan fingerprint density at radius 1 is 1.06 bits per heavy atom. The molecular formula is C13H19BO3. The number of hydrogen-bond acceptors (Lipinski definition) is 3. The summed E-state index contributed by atoms with van der Waals surface area (Å²) in [7, 11) is -0.400. The van der Waals surface area contributed by atoms with Gasteiger partial charge in [-0.05, 0) is 38.7 Å². The molecule has 1 saturated heterocycles. The second-order valence-corrected chi connectivity index (χ2v) is 5.45. The molecule has 4 heteroatoms. The molecule has 1 N–H and O–H groups in total. The van der Waals surface area contributed by atoms with E-state index in [1.54, 1.807) is 0 Å². The van der Waals surface area contributed by atoms with Crippen molar-refractivity contribution in [3.05, 3.63) is 29.8 Å². The highest BCUT2D eigenvalue weighted by atomic mass is 16.7. The number of aliphatic hydroxyl groups is 1. The molecule has 0 saturated carbocycles. The van der Waals surface area contributed by atoms with Gasteiger partial charge in [-0.3, -0.25) is 0 Å². The van der Waals surface area contributed by atoms with Crippen LogP contribution in [0, 0.1) is 0 Å². The second kappa shape index (κ2) is 4.12. The largest absolute Gasteiger partial charge is 0.495 e. The predicted octanol–water partition coefficient (Wildman–Crippen LogP) is 1.48. The molecule has 1 aliphatic rings. The lowest BCUT2D eigenvalue weighted by atomic mass is 9.76. The van der Waals surface area contributed by atoms with E-state index in [1.165, 1.54) is 0 Å². The maximum absolute atomic E-state index is 9.33. The minimum atomic E-state index is -0.400. The van der Waals surface area contributed by atoms with Crippen molar-refractivity contribution in [2.24, 2.45) is 0 Å². The van der Waals surface area contributed by atoms with E-state index in [9.17, 15) is 5.11 Å². The Hall–Kier alpha value is -0.835. The van der Waals surface area contributed by atoms with Crippen LogP contribution in [0.5, 0.6) is 0 Å². The third-order valence-corrected chi connectivity index (χ3v) is 3.73. The summed E-state index contributed by atoms with van der Waals surface area (Å²) in [5.41, 5.74) is 1.07. The maximum Gasteiger partial charge on any atom is 0.495 e. The lowest BCUT2D eigenvalue weighted by molar-refractivity contribution is 0.00578. The molecule has 0 bridgehead atoms. The van der Waals surface area contributed by atoms with E-state index >= 15 is 0 Å². The monoisotopic (exact) mass is 234 g/mol. The second-order valence-electron chi connectivity index (χ2n) is 5.45. The predicted molar refractivity (Wildman–Crippen MR) is 68.1 cm³/mol. The summed E-state index contributed by atoms with van der Waals surface area (Å²) in [6, 6.07) is 7.66. The van der Waals surface area contributed by atoms with Gasteiger partial charge in [0.1, 0.15) is 0 Å². The van der Waals surface area contributed by atoms with E-state index in [-0.39, 0.29) is 17.8 Å². The normalized spacial score (nSPS) is 21.8. The van der Waals surface area contributed by atoms with E-state index in [0.29, 0.717) is 0 Å². The fourth-order valence-corrected chi connectivity index (χ4v) is 1.88. The highest BCUT2D eigenvalue weighted by molar-refractivity contribution is 6.62. The highest BCUT2D eigenvalue weighted by Crippen LogP contribution is 2.36. The third kappa shape index (κ3) is 2.13. The van der Waals surface area contributed by atoms with Crippen molar-refractivity contribution < 1.29 is 14.4 Å². The van der Waals surface area contributed by atoms with Gasteiger partial charge in [0.15, 0.2) is 0 Å². The Labute approximate surface area is 103 Å². The van der Waals surface area contributed by atoms with E-state index in [0.717, 1.165) is 11.0 Å². The average Bonchev–Trinajstić information content (AvgIpc) is 2.48. The Balaban J connectivity index is 2.32. The van der Waals surface area contributed by atoms with Gasteiger partial charge in [-0.2, -0.15) is 0 Å². The summed E-state index contributed by atoms with van der Waals surface area (Å²) in [4.78, 5) is 0. The van der Waals surface area contributed by atoms with Crippen molar-refractivity contribution in [2.45, 2.75) is 45.5 Å². The fourth-order valence-electron chi connectivity index (χ4n) is 1.88. The number of aliphatic hydroxyl groups excluding tert-OH is 1. The molecule has 1 heterocycles. The van der Waals surface area contributed by atoms with Gasteiger partial charge >= 0.3 is 7.12 Å². The summed E-state index contributed by atoms with van der Waals surface area (Å²) in [6.45, 7) is 8.09. The highest BCUT2D eigenvalue weighted by Gasteiger charge is 2.52. The van der Waals surface area contributed by atoms with Crippen LogP contribution in [0.15, 0.2) is 24.3 Å². The van der Waals surface area contributed by atoms with Crippen LogP contribution < -0.4 is 5.46 Å². The molecule has 0 radical (unpaired) electrons. The van der Waals surface area contributed by atoms with Crippen LogP contribution in [0.1, 0.15) is 33.3 Å². The minimum absolute atomic E-state index is 0.000248. The smallest absolute Gasteiger partial charge is 0.399 e. The number of hydrogen-bond donors (Lipinski definition) is 1. The molecule has 0 amide bonds. The maximum atomic E-state index is 9.33. The van der Waals surface area contributed by atoms with E-state index < -0.39 is 7.12 Å². The quantitative estimate of drug-likeness (QED) is 0.787. The van der Waals surface area contributed by atoms with Gasteiger partial charge in [-0.25, -0.2) is 0 Å². The molecule has 0 atom stereocenters. The first kappa shape index (κ1) is 12.6. The first-order valence-electron chi connectivity index (χ1n) is 5.92. The molecule has 1 aromatic rings. The molecule has 0 spiro atoms. The zero-order chi connectivity index (χ0) is 12.7. The van der Waals surface area contributed by atoms with Crippen LogP contribution in [-0.4, -0.2) is 23.4 Å². The molecule has 17 heavy (non-hydrogen) atoms. The van der Waals surface area contributed by atoms with Gasteiger partial charge in [0.25, 0.3) is 0 Å². The summed E-state index contributed by atoms with van der Waals surface area (Å²) < 4.78 is 11.9. The Morgan fingerprint density at radius 2 is 1.59 bits per heavy atom. The van der Waals surface area contributed by atoms with Crippen molar-refractivity contribution in [1.29, 1.82) is 0 Å². The minimum Gasteiger partial charge on any atom is -0.399 e. The van der Waals surface area contributed by atoms with Crippen LogP contribution in [0.25, 0.3) is 0 Å². The van der Waals surface area contributed by atoms with Gasteiger partial charge in [0.05, 0.1) is 17.8 Å². The van der Waals surface area contributed by atoms with Crippen molar-refractivity contribution >= 4 is 12.6 Å². The lowest BCUT2D eigenvalue weighted by Crippen LogP contribution is -2.41. The van der Waals surface area contributed by atoms with Crippen LogP contribution in [0.2, 0.25) is 0 Å². The Morgan fingerprint density at radius 3 is 2.12 bits per heavy atom. The molecule has 2 rings (SSSR count). The van der Waals surface area contributed by atoms with Crippen molar-refractivity contribution in [2.75, 3.05) is 0 Å². The van der Waals surface area contributed by atoms with Crippen LogP contribution in [0.4, 0.5) is 0 Å². The van der Waals surface area contributed by atoms with Crippen LogP contribution in [0.3, 0.4) is 0 Å². The molecule has 92 valence electrons. The third-order valence-electron chi connectivity index (χ3n) is 3.73. The van der Waals surface area contributed by atoms with Gasteiger partial charge < -0.3 is 14.4 Å². The van der Waals surface area contributed by atoms with Crippen LogP contribution in [-0.2, 0) is 15.9 Å². The van der Waals surface area contributed by atoms with Crippen molar-refractivity contribution in [3.63, 3.8) is 0 Å². The van der Waals surface area contributed by atoms with Crippen molar-refractivity contribution in [1.82, 2.24) is 0 Å². The average molecular weight is 234 g/mol. The number of benzene rings is 1. The zero-order valence-electron chi connectivity index (χ0n) is 10.9. The van der Waals surface area contributed by atoms with E-state index in [4.69, 9.17) is 9.31 Å². The molecule has 0 aliphatic carbocycles.